The maximum atomic E-state index is 13.0. The number of anilines is 1. The number of benzene rings is 1. The summed E-state index contributed by atoms with van der Waals surface area (Å²) in [5, 5.41) is 2.65. The minimum atomic E-state index is -1.05. The molecule has 1 N–H and O–H groups in total. The van der Waals surface area contributed by atoms with Gasteiger partial charge in [0.1, 0.15) is 10.6 Å². The van der Waals surface area contributed by atoms with E-state index in [0.29, 0.717) is 16.3 Å². The first kappa shape index (κ1) is 23.5. The van der Waals surface area contributed by atoms with Gasteiger partial charge in [-0.15, -0.1) is 11.3 Å². The SMILES string of the molecule is CCCc1sc(C(=O)OC(C)C(=O)Nc2c(C)n(C)n(-c3ccccc3)c2=O)cc1CC. The Morgan fingerprint density at radius 2 is 1.88 bits per heavy atom. The molecule has 3 rings (SSSR count). The van der Waals surface area contributed by atoms with Gasteiger partial charge in [0.25, 0.3) is 11.5 Å². The fraction of sp³-hybridized carbons (Fsp3) is 0.375. The number of aryl methyl sites for hydroxylation is 2. The number of hydrogen-bond acceptors (Lipinski definition) is 5. The molecular weight excluding hydrogens is 426 g/mol. The van der Waals surface area contributed by atoms with E-state index in [4.69, 9.17) is 4.74 Å². The molecule has 0 spiro atoms. The maximum absolute atomic E-state index is 13.0. The van der Waals surface area contributed by atoms with Crippen LogP contribution in [0.5, 0.6) is 0 Å². The van der Waals surface area contributed by atoms with E-state index in [0.717, 1.165) is 24.8 Å². The lowest BCUT2D eigenvalue weighted by molar-refractivity contribution is -0.123. The summed E-state index contributed by atoms with van der Waals surface area (Å²) in [7, 11) is 1.75. The second kappa shape index (κ2) is 9.99. The first-order valence-electron chi connectivity index (χ1n) is 10.8. The fourth-order valence-corrected chi connectivity index (χ4v) is 4.75. The Morgan fingerprint density at radius 1 is 1.19 bits per heavy atom. The monoisotopic (exact) mass is 455 g/mol. The van der Waals surface area contributed by atoms with Crippen molar-refractivity contribution in [2.75, 3.05) is 5.32 Å². The second-order valence-electron chi connectivity index (χ2n) is 7.64. The largest absolute Gasteiger partial charge is 0.448 e. The lowest BCUT2D eigenvalue weighted by Crippen LogP contribution is -2.32. The standard InChI is InChI=1S/C24H29N3O4S/c1-6-11-19-17(7-2)14-20(32-19)24(30)31-16(4)22(28)25-21-15(3)26(5)27(23(21)29)18-12-9-8-10-13-18/h8-10,12-14,16H,6-7,11H2,1-5H3,(H,25,28). The predicted molar refractivity (Wildman–Crippen MR) is 127 cm³/mol. The zero-order valence-electron chi connectivity index (χ0n) is 19.1. The lowest BCUT2D eigenvalue weighted by Gasteiger charge is -2.12. The summed E-state index contributed by atoms with van der Waals surface area (Å²) >= 11 is 1.42. The van der Waals surface area contributed by atoms with Gasteiger partial charge in [0, 0.05) is 11.9 Å². The number of carbonyl (C=O) groups excluding carboxylic acids is 2. The van der Waals surface area contributed by atoms with E-state index in [-0.39, 0.29) is 11.2 Å². The van der Waals surface area contributed by atoms with Crippen LogP contribution >= 0.6 is 11.3 Å². The summed E-state index contributed by atoms with van der Waals surface area (Å²) in [5.74, 6) is -1.08. The summed E-state index contributed by atoms with van der Waals surface area (Å²) in [6.07, 6.45) is 1.71. The van der Waals surface area contributed by atoms with E-state index in [1.54, 1.807) is 18.7 Å². The number of thiophene rings is 1. The minimum Gasteiger partial charge on any atom is -0.448 e. The summed E-state index contributed by atoms with van der Waals surface area (Å²) < 4.78 is 8.57. The number of carbonyl (C=O) groups is 2. The smallest absolute Gasteiger partial charge is 0.349 e. The number of ether oxygens (including phenoxy) is 1. The Hall–Kier alpha value is -3.13. The number of para-hydroxylation sites is 1. The minimum absolute atomic E-state index is 0.166. The molecule has 0 aliphatic heterocycles. The highest BCUT2D eigenvalue weighted by molar-refractivity contribution is 7.14. The van der Waals surface area contributed by atoms with Gasteiger partial charge in [-0.25, -0.2) is 9.48 Å². The Balaban J connectivity index is 1.75. The van der Waals surface area contributed by atoms with Crippen molar-refractivity contribution in [2.24, 2.45) is 7.05 Å². The van der Waals surface area contributed by atoms with Gasteiger partial charge in [-0.2, -0.15) is 0 Å². The molecule has 0 bridgehead atoms. The molecule has 1 amide bonds. The lowest BCUT2D eigenvalue weighted by atomic mass is 10.1. The molecule has 0 saturated carbocycles. The van der Waals surface area contributed by atoms with E-state index in [9.17, 15) is 14.4 Å². The first-order chi connectivity index (χ1) is 15.3. The third-order valence-electron chi connectivity index (χ3n) is 5.41. The molecule has 0 aliphatic carbocycles. The van der Waals surface area contributed by atoms with E-state index in [1.807, 2.05) is 36.4 Å². The van der Waals surface area contributed by atoms with Crippen molar-refractivity contribution in [1.29, 1.82) is 0 Å². The third-order valence-corrected chi connectivity index (χ3v) is 6.63. The van der Waals surface area contributed by atoms with Crippen LogP contribution in [-0.2, 0) is 29.4 Å². The van der Waals surface area contributed by atoms with E-state index >= 15 is 0 Å². The van der Waals surface area contributed by atoms with Crippen LogP contribution in [-0.4, -0.2) is 27.3 Å². The van der Waals surface area contributed by atoms with Gasteiger partial charge >= 0.3 is 5.97 Å². The molecule has 0 saturated heterocycles. The number of aromatic nitrogens is 2. The van der Waals surface area contributed by atoms with Crippen LogP contribution in [0.25, 0.3) is 5.69 Å². The molecule has 3 aromatic rings. The average Bonchev–Trinajstić information content (AvgIpc) is 3.28. The van der Waals surface area contributed by atoms with Gasteiger partial charge in [-0.05, 0) is 50.5 Å². The molecule has 1 unspecified atom stereocenters. The highest BCUT2D eigenvalue weighted by Crippen LogP contribution is 2.25. The zero-order chi connectivity index (χ0) is 23.4. The van der Waals surface area contributed by atoms with Crippen LogP contribution in [0.15, 0.2) is 41.2 Å². The fourth-order valence-electron chi connectivity index (χ4n) is 3.51. The molecule has 1 atom stereocenters. The van der Waals surface area contributed by atoms with Crippen molar-refractivity contribution in [1.82, 2.24) is 9.36 Å². The second-order valence-corrected chi connectivity index (χ2v) is 8.77. The Bertz CT molecular complexity index is 1170. The number of hydrogen-bond donors (Lipinski definition) is 1. The van der Waals surface area contributed by atoms with Crippen molar-refractivity contribution in [3.05, 3.63) is 67.8 Å². The van der Waals surface area contributed by atoms with Gasteiger partial charge in [0.2, 0.25) is 0 Å². The summed E-state index contributed by atoms with van der Waals surface area (Å²) in [4.78, 5) is 40.0. The number of nitrogens with one attached hydrogen (secondary N) is 1. The van der Waals surface area contributed by atoms with Crippen LogP contribution < -0.4 is 10.9 Å². The van der Waals surface area contributed by atoms with E-state index < -0.39 is 18.0 Å². The van der Waals surface area contributed by atoms with Crippen molar-refractivity contribution in [3.63, 3.8) is 0 Å². The zero-order valence-corrected chi connectivity index (χ0v) is 19.9. The van der Waals surface area contributed by atoms with E-state index in [1.165, 1.54) is 27.8 Å². The molecule has 8 heteroatoms. The molecule has 32 heavy (non-hydrogen) atoms. The number of nitrogens with zero attached hydrogens (tertiary/aromatic N) is 2. The Morgan fingerprint density at radius 3 is 2.50 bits per heavy atom. The predicted octanol–water partition coefficient (Wildman–Crippen LogP) is 4.24. The van der Waals surface area contributed by atoms with Crippen molar-refractivity contribution < 1.29 is 14.3 Å². The van der Waals surface area contributed by atoms with Crippen LogP contribution in [0.4, 0.5) is 5.69 Å². The third kappa shape index (κ3) is 4.70. The van der Waals surface area contributed by atoms with Crippen LogP contribution in [0.1, 0.15) is 53.0 Å². The Labute approximate surface area is 191 Å². The molecular formula is C24H29N3O4S. The summed E-state index contributed by atoms with van der Waals surface area (Å²) in [6, 6.07) is 11.0. The Kier molecular flexibility index (Phi) is 7.35. The molecule has 2 heterocycles. The van der Waals surface area contributed by atoms with Crippen LogP contribution in [0.2, 0.25) is 0 Å². The molecule has 2 aromatic heterocycles. The molecule has 1 aromatic carbocycles. The van der Waals surface area contributed by atoms with Crippen LogP contribution in [0.3, 0.4) is 0 Å². The number of rotatable bonds is 8. The number of amides is 1. The maximum Gasteiger partial charge on any atom is 0.349 e. The first-order valence-corrected chi connectivity index (χ1v) is 11.6. The molecule has 0 fully saturated rings. The highest BCUT2D eigenvalue weighted by atomic mass is 32.1. The summed E-state index contributed by atoms with van der Waals surface area (Å²) in [5.41, 5.74) is 2.25. The van der Waals surface area contributed by atoms with Crippen molar-refractivity contribution in [2.45, 2.75) is 53.1 Å². The van der Waals surface area contributed by atoms with Crippen molar-refractivity contribution >= 4 is 28.9 Å². The molecule has 0 aliphatic rings. The number of esters is 1. The molecule has 0 radical (unpaired) electrons. The van der Waals surface area contributed by atoms with Gasteiger partial charge in [-0.3, -0.25) is 14.3 Å². The quantitative estimate of drug-likeness (QED) is 0.515. The molecule has 7 nitrogen and oxygen atoms in total. The van der Waals surface area contributed by atoms with Gasteiger partial charge in [0.05, 0.1) is 11.4 Å². The van der Waals surface area contributed by atoms with Gasteiger partial charge < -0.3 is 10.1 Å². The van der Waals surface area contributed by atoms with Crippen molar-refractivity contribution in [3.8, 4) is 5.69 Å². The topological polar surface area (TPSA) is 82.3 Å². The van der Waals surface area contributed by atoms with Crippen LogP contribution in [0, 0.1) is 6.92 Å². The van der Waals surface area contributed by atoms with Gasteiger partial charge in [-0.1, -0.05) is 38.5 Å². The average molecular weight is 456 g/mol. The summed E-state index contributed by atoms with van der Waals surface area (Å²) in [6.45, 7) is 7.40. The normalized spacial score (nSPS) is 11.9. The highest BCUT2D eigenvalue weighted by Gasteiger charge is 2.24. The van der Waals surface area contributed by atoms with Gasteiger partial charge in [0.15, 0.2) is 6.10 Å². The molecule has 170 valence electrons. The van der Waals surface area contributed by atoms with E-state index in [2.05, 4.69) is 19.2 Å².